The summed E-state index contributed by atoms with van der Waals surface area (Å²) in [5.74, 6) is -2.91. The van der Waals surface area contributed by atoms with E-state index in [1.807, 2.05) is 6.92 Å². The van der Waals surface area contributed by atoms with Gasteiger partial charge in [-0.3, -0.25) is 4.79 Å². The zero-order valence-electron chi connectivity index (χ0n) is 22.7. The third-order valence-electron chi connectivity index (χ3n) is 6.80. The Labute approximate surface area is 237 Å². The van der Waals surface area contributed by atoms with Gasteiger partial charge in [0.25, 0.3) is 15.9 Å². The molecule has 0 saturated carbocycles. The Morgan fingerprint density at radius 2 is 2.02 bits per heavy atom. The Bertz CT molecular complexity index is 1490. The molecule has 0 bridgehead atoms. The van der Waals surface area contributed by atoms with Gasteiger partial charge in [-0.15, -0.1) is 0 Å². The van der Waals surface area contributed by atoms with E-state index in [0.29, 0.717) is 67.5 Å². The highest BCUT2D eigenvalue weighted by Gasteiger charge is 2.33. The molecular weight excluding hydrogens is 556 g/mol. The van der Waals surface area contributed by atoms with Crippen molar-refractivity contribution < 1.29 is 22.0 Å². The second kappa shape index (κ2) is 12.1. The lowest BCUT2D eigenvalue weighted by Crippen LogP contribution is -2.36. The molecule has 8 nitrogen and oxygen atoms in total. The summed E-state index contributed by atoms with van der Waals surface area (Å²) in [6.45, 7) is 8.97. The molecule has 1 amide bonds. The highest BCUT2D eigenvalue weighted by Crippen LogP contribution is 2.35. The summed E-state index contributed by atoms with van der Waals surface area (Å²) < 4.78 is 57.1. The van der Waals surface area contributed by atoms with Crippen LogP contribution in [0.1, 0.15) is 55.5 Å². The van der Waals surface area contributed by atoms with Crippen molar-refractivity contribution in [2.45, 2.75) is 62.6 Å². The molecule has 3 heterocycles. The molecule has 214 valence electrons. The number of rotatable bonds is 8. The maximum absolute atomic E-state index is 14.5. The summed E-state index contributed by atoms with van der Waals surface area (Å²) in [5, 5.41) is 6.18. The van der Waals surface area contributed by atoms with Gasteiger partial charge in [-0.05, 0) is 51.2 Å². The van der Waals surface area contributed by atoms with Crippen molar-refractivity contribution in [3.05, 3.63) is 77.2 Å². The summed E-state index contributed by atoms with van der Waals surface area (Å²) in [7, 11) is -3.71. The second-order valence-electron chi connectivity index (χ2n) is 9.85. The quantitative estimate of drug-likeness (QED) is 0.408. The molecule has 2 aliphatic heterocycles. The van der Waals surface area contributed by atoms with Gasteiger partial charge >= 0.3 is 0 Å². The molecule has 0 radical (unpaired) electrons. The largest absolute Gasteiger partial charge is 0.367 e. The van der Waals surface area contributed by atoms with Crippen molar-refractivity contribution >= 4 is 38.2 Å². The number of nitrogens with zero attached hydrogens (tertiary/aromatic N) is 3. The normalized spacial score (nSPS) is 16.9. The van der Waals surface area contributed by atoms with Gasteiger partial charge in [-0.2, -0.15) is 13.1 Å². The van der Waals surface area contributed by atoms with Gasteiger partial charge in [0.2, 0.25) is 5.91 Å². The molecule has 0 spiro atoms. The SMILES string of the molecule is C=CC(F)(F)c1cccc2c1CC=CN=C2N[C@@H](C)CC=C1CCN(S(=O)(=O)c2sc(NC(C)=O)nc2C)CC1. The number of amidine groups is 1. The number of aromatic nitrogens is 1. The van der Waals surface area contributed by atoms with E-state index in [1.165, 1.54) is 17.3 Å². The highest BCUT2D eigenvalue weighted by molar-refractivity contribution is 7.91. The van der Waals surface area contributed by atoms with Gasteiger partial charge in [-0.1, -0.05) is 53.8 Å². The van der Waals surface area contributed by atoms with E-state index < -0.39 is 15.9 Å². The Morgan fingerprint density at radius 3 is 2.70 bits per heavy atom. The standard InChI is InChI=1S/C28H33F2N5O3S2/c1-5-28(29,30)24-10-6-8-23-22(24)9-7-15-31-25(23)32-18(2)11-12-21-13-16-35(17-14-21)40(37,38)26-19(3)33-27(39-26)34-20(4)36/h5-8,10,12,15,18H,1,9,11,13-14,16-17H2,2-4H3,(H,31,32)(H,33,34,36)/t18-/m0/s1. The number of benzene rings is 1. The minimum atomic E-state index is -3.71. The number of halogens is 2. The summed E-state index contributed by atoms with van der Waals surface area (Å²) >= 11 is 0.962. The number of aryl methyl sites for hydroxylation is 1. The van der Waals surface area contributed by atoms with Crippen LogP contribution >= 0.6 is 11.3 Å². The van der Waals surface area contributed by atoms with Gasteiger partial charge in [0.05, 0.1) is 5.69 Å². The van der Waals surface area contributed by atoms with Gasteiger partial charge < -0.3 is 10.6 Å². The number of fused-ring (bicyclic) bond motifs is 1. The molecule has 2 N–H and O–H groups in total. The van der Waals surface area contributed by atoms with E-state index in [-0.39, 0.29) is 26.9 Å². The zero-order chi connectivity index (χ0) is 29.1. The Morgan fingerprint density at radius 1 is 1.30 bits per heavy atom. The molecule has 1 aromatic heterocycles. The number of carbonyl (C=O) groups is 1. The fourth-order valence-electron chi connectivity index (χ4n) is 4.73. The maximum Gasteiger partial charge on any atom is 0.291 e. The van der Waals surface area contributed by atoms with E-state index in [4.69, 9.17) is 0 Å². The number of aliphatic imine (C=N–C) groups is 1. The molecule has 0 aliphatic carbocycles. The number of thiazole rings is 1. The van der Waals surface area contributed by atoms with Crippen LogP contribution in [0.15, 0.2) is 64.0 Å². The van der Waals surface area contributed by atoms with E-state index in [9.17, 15) is 22.0 Å². The molecule has 1 fully saturated rings. The lowest BCUT2D eigenvalue weighted by atomic mass is 9.93. The summed E-state index contributed by atoms with van der Waals surface area (Å²) in [4.78, 5) is 20.0. The third-order valence-corrected chi connectivity index (χ3v) is 10.4. The predicted octanol–water partition coefficient (Wildman–Crippen LogP) is 5.28. The number of amides is 1. The van der Waals surface area contributed by atoms with Crippen molar-refractivity contribution in [2.24, 2.45) is 4.99 Å². The summed E-state index contributed by atoms with van der Waals surface area (Å²) in [6.07, 6.45) is 8.39. The lowest BCUT2D eigenvalue weighted by molar-refractivity contribution is -0.114. The van der Waals surface area contributed by atoms with Crippen LogP contribution < -0.4 is 10.6 Å². The van der Waals surface area contributed by atoms with Crippen molar-refractivity contribution in [2.75, 3.05) is 18.4 Å². The lowest BCUT2D eigenvalue weighted by Gasteiger charge is -2.27. The van der Waals surface area contributed by atoms with Gasteiger partial charge in [0.15, 0.2) is 9.34 Å². The monoisotopic (exact) mass is 589 g/mol. The van der Waals surface area contributed by atoms with Crippen LogP contribution in [-0.4, -0.2) is 48.6 Å². The maximum atomic E-state index is 14.5. The minimum absolute atomic E-state index is 0.0389. The molecule has 4 rings (SSSR count). The Kier molecular flexibility index (Phi) is 9.01. The average Bonchev–Trinajstić information content (AvgIpc) is 3.16. The topological polar surface area (TPSA) is 104 Å². The van der Waals surface area contributed by atoms with Crippen LogP contribution in [-0.2, 0) is 27.2 Å². The fraction of sp³-hybridized carbons (Fsp3) is 0.393. The predicted molar refractivity (Wildman–Crippen MR) is 154 cm³/mol. The first-order valence-corrected chi connectivity index (χ1v) is 15.2. The first-order chi connectivity index (χ1) is 18.9. The number of allylic oxidation sites excluding steroid dienone is 2. The number of hydrogen-bond donors (Lipinski definition) is 2. The van der Waals surface area contributed by atoms with Crippen molar-refractivity contribution in [3.63, 3.8) is 0 Å². The number of nitrogens with one attached hydrogen (secondary N) is 2. The average molecular weight is 590 g/mol. The minimum Gasteiger partial charge on any atom is -0.367 e. The molecule has 40 heavy (non-hydrogen) atoms. The number of anilines is 1. The van der Waals surface area contributed by atoms with Gasteiger partial charge in [0, 0.05) is 43.4 Å². The van der Waals surface area contributed by atoms with Crippen LogP contribution in [0.2, 0.25) is 0 Å². The first-order valence-electron chi connectivity index (χ1n) is 13.0. The molecular formula is C28H33F2N5O3S2. The Hall–Kier alpha value is -3.22. The van der Waals surface area contributed by atoms with Crippen LogP contribution in [0, 0.1) is 6.92 Å². The smallest absolute Gasteiger partial charge is 0.291 e. The first kappa shape index (κ1) is 29.8. The van der Waals surface area contributed by atoms with E-state index in [0.717, 1.165) is 16.9 Å². The van der Waals surface area contributed by atoms with Gasteiger partial charge in [-0.25, -0.2) is 18.4 Å². The third kappa shape index (κ3) is 6.56. The zero-order valence-corrected chi connectivity index (χ0v) is 24.3. The van der Waals surface area contributed by atoms with Crippen molar-refractivity contribution in [1.82, 2.24) is 14.6 Å². The van der Waals surface area contributed by atoms with Crippen LogP contribution in [0.3, 0.4) is 0 Å². The number of alkyl halides is 2. The number of sulfonamides is 1. The molecule has 1 atom stereocenters. The highest BCUT2D eigenvalue weighted by atomic mass is 32.2. The van der Waals surface area contributed by atoms with E-state index in [2.05, 4.69) is 33.3 Å². The van der Waals surface area contributed by atoms with Crippen LogP contribution in [0.25, 0.3) is 0 Å². The molecule has 2 aliphatic rings. The van der Waals surface area contributed by atoms with Crippen molar-refractivity contribution in [1.29, 1.82) is 0 Å². The molecule has 0 unspecified atom stereocenters. The Balaban J connectivity index is 1.39. The molecule has 2 aromatic rings. The summed E-state index contributed by atoms with van der Waals surface area (Å²) in [6, 6.07) is 4.79. The fourth-order valence-corrected chi connectivity index (χ4v) is 7.77. The number of carbonyl (C=O) groups excluding carboxylic acids is 1. The molecule has 1 aromatic carbocycles. The molecule has 12 heteroatoms. The van der Waals surface area contributed by atoms with E-state index in [1.54, 1.807) is 31.3 Å². The van der Waals surface area contributed by atoms with Crippen LogP contribution in [0.5, 0.6) is 0 Å². The van der Waals surface area contributed by atoms with Gasteiger partial charge in [0.1, 0.15) is 5.84 Å². The number of hydrogen-bond acceptors (Lipinski definition) is 7. The van der Waals surface area contributed by atoms with Crippen molar-refractivity contribution in [3.8, 4) is 0 Å². The second-order valence-corrected chi connectivity index (χ2v) is 13.0. The van der Waals surface area contributed by atoms with Crippen LogP contribution in [0.4, 0.5) is 13.9 Å². The summed E-state index contributed by atoms with van der Waals surface area (Å²) in [5.41, 5.74) is 2.62. The van der Waals surface area contributed by atoms with E-state index >= 15 is 0 Å². The number of piperidine rings is 1. The molecule has 1 saturated heterocycles.